The lowest BCUT2D eigenvalue weighted by Crippen LogP contribution is -2.51. The Bertz CT molecular complexity index is 1090. The fourth-order valence-corrected chi connectivity index (χ4v) is 4.77. The summed E-state index contributed by atoms with van der Waals surface area (Å²) in [5.74, 6) is 1.71. The standard InChI is InChI=1S/C25H33N7O/c1-18(2)31-13-12-30(15-20-5-6-20)17-22(31)24-29-28-23-8-7-21(16-32(23)24)25(33)27-11-9-19-4-3-10-26-14-19/h3-4,7-8,10,14,16,18,20,22H,5-6,9,11-13,15,17H2,1-2H3,(H,27,33)/t22-/m0/s1. The van der Waals surface area contributed by atoms with E-state index in [1.54, 1.807) is 6.20 Å². The molecule has 1 aliphatic heterocycles. The van der Waals surface area contributed by atoms with Gasteiger partial charge in [0.25, 0.3) is 5.91 Å². The zero-order valence-electron chi connectivity index (χ0n) is 19.5. The molecule has 1 N–H and O–H groups in total. The number of nitrogens with zero attached hydrogens (tertiary/aromatic N) is 6. The fraction of sp³-hybridized carbons (Fsp3) is 0.520. The first-order chi connectivity index (χ1) is 16.1. The summed E-state index contributed by atoms with van der Waals surface area (Å²) < 4.78 is 2.01. The molecular weight excluding hydrogens is 414 g/mol. The third-order valence-corrected chi connectivity index (χ3v) is 6.79. The predicted molar refractivity (Wildman–Crippen MR) is 127 cm³/mol. The first-order valence-electron chi connectivity index (χ1n) is 12.1. The summed E-state index contributed by atoms with van der Waals surface area (Å²) in [7, 11) is 0. The van der Waals surface area contributed by atoms with Gasteiger partial charge in [0.2, 0.25) is 0 Å². The van der Waals surface area contributed by atoms with Gasteiger partial charge in [-0.25, -0.2) is 0 Å². The van der Waals surface area contributed by atoms with Gasteiger partial charge in [0.05, 0.1) is 11.6 Å². The number of hydrogen-bond donors (Lipinski definition) is 1. The average molecular weight is 448 g/mol. The molecule has 0 spiro atoms. The number of pyridine rings is 2. The van der Waals surface area contributed by atoms with E-state index in [0.717, 1.165) is 49.0 Å². The smallest absolute Gasteiger partial charge is 0.252 e. The van der Waals surface area contributed by atoms with Crippen LogP contribution in [0.15, 0.2) is 42.9 Å². The van der Waals surface area contributed by atoms with Gasteiger partial charge in [-0.2, -0.15) is 0 Å². The number of aromatic nitrogens is 4. The highest BCUT2D eigenvalue weighted by Crippen LogP contribution is 2.33. The number of amides is 1. The molecule has 1 saturated carbocycles. The summed E-state index contributed by atoms with van der Waals surface area (Å²) in [6.45, 7) is 9.32. The van der Waals surface area contributed by atoms with E-state index >= 15 is 0 Å². The highest BCUT2D eigenvalue weighted by atomic mass is 16.1. The monoisotopic (exact) mass is 447 g/mol. The summed E-state index contributed by atoms with van der Waals surface area (Å²) in [4.78, 5) is 22.1. The van der Waals surface area contributed by atoms with E-state index in [-0.39, 0.29) is 11.9 Å². The number of fused-ring (bicyclic) bond motifs is 1. The molecule has 8 heteroatoms. The zero-order chi connectivity index (χ0) is 22.8. The van der Waals surface area contributed by atoms with Gasteiger partial charge in [-0.05, 0) is 62.8 Å². The largest absolute Gasteiger partial charge is 0.352 e. The molecule has 2 fully saturated rings. The van der Waals surface area contributed by atoms with Crippen LogP contribution in [0.2, 0.25) is 0 Å². The summed E-state index contributed by atoms with van der Waals surface area (Å²) in [6, 6.07) is 8.23. The maximum absolute atomic E-state index is 12.8. The lowest BCUT2D eigenvalue weighted by atomic mass is 10.1. The van der Waals surface area contributed by atoms with Gasteiger partial charge in [-0.15, -0.1) is 10.2 Å². The lowest BCUT2D eigenvalue weighted by molar-refractivity contribution is 0.0437. The second kappa shape index (κ2) is 9.57. The minimum Gasteiger partial charge on any atom is -0.352 e. The molecule has 8 nitrogen and oxygen atoms in total. The number of rotatable bonds is 8. The molecule has 0 aromatic carbocycles. The number of carbonyl (C=O) groups excluding carboxylic acids is 1. The van der Waals surface area contributed by atoms with Crippen molar-refractivity contribution in [3.63, 3.8) is 0 Å². The van der Waals surface area contributed by atoms with Crippen LogP contribution >= 0.6 is 0 Å². The van der Waals surface area contributed by atoms with Crippen LogP contribution in [0.4, 0.5) is 0 Å². The molecular formula is C25H33N7O. The number of carbonyl (C=O) groups is 1. The molecule has 0 unspecified atom stereocenters. The van der Waals surface area contributed by atoms with E-state index in [2.05, 4.69) is 44.1 Å². The molecule has 5 rings (SSSR count). The Morgan fingerprint density at radius 1 is 1.18 bits per heavy atom. The van der Waals surface area contributed by atoms with Crippen LogP contribution in [0.3, 0.4) is 0 Å². The van der Waals surface area contributed by atoms with Crippen molar-refractivity contribution in [3.8, 4) is 0 Å². The lowest BCUT2D eigenvalue weighted by Gasteiger charge is -2.42. The van der Waals surface area contributed by atoms with Crippen molar-refractivity contribution in [2.75, 3.05) is 32.7 Å². The van der Waals surface area contributed by atoms with Crippen LogP contribution in [0.1, 0.15) is 54.5 Å². The second-order valence-corrected chi connectivity index (χ2v) is 9.62. The average Bonchev–Trinajstić information content (AvgIpc) is 3.54. The molecule has 33 heavy (non-hydrogen) atoms. The van der Waals surface area contributed by atoms with Crippen LogP contribution in [0, 0.1) is 5.92 Å². The molecule has 1 amide bonds. The minimum atomic E-state index is -0.0832. The van der Waals surface area contributed by atoms with Crippen LogP contribution in [0.5, 0.6) is 0 Å². The molecule has 3 aromatic heterocycles. The molecule has 4 heterocycles. The van der Waals surface area contributed by atoms with Crippen LogP contribution in [-0.2, 0) is 6.42 Å². The molecule has 1 atom stereocenters. The maximum atomic E-state index is 12.8. The van der Waals surface area contributed by atoms with Crippen molar-refractivity contribution in [2.45, 2.75) is 45.2 Å². The summed E-state index contributed by atoms with van der Waals surface area (Å²) in [6.07, 6.45) is 8.96. The minimum absolute atomic E-state index is 0.0832. The van der Waals surface area contributed by atoms with Crippen molar-refractivity contribution in [3.05, 3.63) is 59.8 Å². The van der Waals surface area contributed by atoms with Gasteiger partial charge >= 0.3 is 0 Å². The molecule has 3 aromatic rings. The van der Waals surface area contributed by atoms with Crippen LogP contribution in [0.25, 0.3) is 5.65 Å². The Kier molecular flexibility index (Phi) is 6.37. The molecule has 174 valence electrons. The third-order valence-electron chi connectivity index (χ3n) is 6.79. The quantitative estimate of drug-likeness (QED) is 0.572. The van der Waals surface area contributed by atoms with Crippen molar-refractivity contribution < 1.29 is 4.79 Å². The molecule has 0 radical (unpaired) electrons. The summed E-state index contributed by atoms with van der Waals surface area (Å²) in [5.41, 5.74) is 2.51. The SMILES string of the molecule is CC(C)N1CCN(CC2CC2)C[C@H]1c1nnc2ccc(C(=O)NCCc3cccnc3)cn12. The number of hydrogen-bond acceptors (Lipinski definition) is 6. The van der Waals surface area contributed by atoms with Crippen molar-refractivity contribution >= 4 is 11.6 Å². The highest BCUT2D eigenvalue weighted by Gasteiger charge is 2.35. The van der Waals surface area contributed by atoms with E-state index in [4.69, 9.17) is 0 Å². The van der Waals surface area contributed by atoms with Crippen LogP contribution in [-0.4, -0.2) is 74.1 Å². The van der Waals surface area contributed by atoms with E-state index in [9.17, 15) is 4.79 Å². The first kappa shape index (κ1) is 22.0. The Morgan fingerprint density at radius 3 is 2.82 bits per heavy atom. The third kappa shape index (κ3) is 5.07. The number of piperazine rings is 1. The zero-order valence-corrected chi connectivity index (χ0v) is 19.5. The van der Waals surface area contributed by atoms with E-state index in [1.165, 1.54) is 19.4 Å². The predicted octanol–water partition coefficient (Wildman–Crippen LogP) is 2.57. The van der Waals surface area contributed by atoms with Gasteiger partial charge < -0.3 is 5.32 Å². The topological polar surface area (TPSA) is 78.7 Å². The van der Waals surface area contributed by atoms with E-state index < -0.39 is 0 Å². The Labute approximate surface area is 195 Å². The Balaban J connectivity index is 1.33. The van der Waals surface area contributed by atoms with E-state index in [1.807, 2.05) is 41.1 Å². The van der Waals surface area contributed by atoms with Crippen molar-refractivity contribution in [2.24, 2.45) is 5.92 Å². The Hall–Kier alpha value is -2.84. The van der Waals surface area contributed by atoms with Gasteiger partial charge in [0.1, 0.15) is 0 Å². The highest BCUT2D eigenvalue weighted by molar-refractivity contribution is 5.94. The van der Waals surface area contributed by atoms with Gasteiger partial charge in [-0.1, -0.05) is 6.07 Å². The fourth-order valence-electron chi connectivity index (χ4n) is 4.77. The molecule has 1 aliphatic carbocycles. The summed E-state index contributed by atoms with van der Waals surface area (Å²) >= 11 is 0. The second-order valence-electron chi connectivity index (χ2n) is 9.62. The van der Waals surface area contributed by atoms with Gasteiger partial charge in [-0.3, -0.25) is 24.0 Å². The molecule has 0 bridgehead atoms. The van der Waals surface area contributed by atoms with Crippen LogP contribution < -0.4 is 5.32 Å². The van der Waals surface area contributed by atoms with Crippen molar-refractivity contribution in [1.29, 1.82) is 0 Å². The maximum Gasteiger partial charge on any atom is 0.252 e. The van der Waals surface area contributed by atoms with Gasteiger partial charge in [0.15, 0.2) is 11.5 Å². The number of nitrogens with one attached hydrogen (secondary N) is 1. The summed E-state index contributed by atoms with van der Waals surface area (Å²) in [5, 5.41) is 12.0. The van der Waals surface area contributed by atoms with Gasteiger partial charge in [0, 0.05) is 57.4 Å². The first-order valence-corrected chi connectivity index (χ1v) is 12.1. The van der Waals surface area contributed by atoms with E-state index in [0.29, 0.717) is 18.2 Å². The Morgan fingerprint density at radius 2 is 2.06 bits per heavy atom. The normalized spacial score (nSPS) is 19.9. The molecule has 1 saturated heterocycles. The van der Waals surface area contributed by atoms with Crippen molar-refractivity contribution in [1.82, 2.24) is 34.7 Å². The molecule has 2 aliphatic rings.